The van der Waals surface area contributed by atoms with Crippen molar-refractivity contribution in [2.24, 2.45) is 5.73 Å². The minimum absolute atomic E-state index is 0.199. The van der Waals surface area contributed by atoms with Gasteiger partial charge in [-0.3, -0.25) is 9.69 Å². The van der Waals surface area contributed by atoms with Crippen molar-refractivity contribution in [3.63, 3.8) is 0 Å². The minimum Gasteiger partial charge on any atom is -0.369 e. The maximum absolute atomic E-state index is 10.6. The van der Waals surface area contributed by atoms with Crippen LogP contribution in [0.25, 0.3) is 0 Å². The fourth-order valence-corrected chi connectivity index (χ4v) is 1.69. The summed E-state index contributed by atoms with van der Waals surface area (Å²) in [6.07, 6.45) is 6.38. The van der Waals surface area contributed by atoms with E-state index in [0.717, 1.165) is 13.1 Å². The van der Waals surface area contributed by atoms with Gasteiger partial charge in [-0.2, -0.15) is 0 Å². The normalized spacial score (nSPS) is 21.3. The smallest absolute Gasteiger partial charge is 0.231 e. The monoisotopic (exact) mass is 170 g/mol. The number of rotatable bonds is 2. The van der Waals surface area contributed by atoms with Crippen molar-refractivity contribution >= 4 is 5.91 Å². The Hall–Kier alpha value is -0.570. The molecule has 1 aliphatic heterocycles. The van der Waals surface area contributed by atoms with E-state index in [2.05, 4.69) is 4.90 Å². The van der Waals surface area contributed by atoms with Crippen molar-refractivity contribution in [2.75, 3.05) is 19.6 Å². The molecule has 0 unspecified atom stereocenters. The van der Waals surface area contributed by atoms with Crippen molar-refractivity contribution in [1.29, 1.82) is 0 Å². The number of nitrogens with zero attached hydrogens (tertiary/aromatic N) is 1. The molecule has 1 rings (SSSR count). The molecule has 12 heavy (non-hydrogen) atoms. The highest BCUT2D eigenvalue weighted by molar-refractivity contribution is 5.75. The SMILES string of the molecule is NC(=O)CN1CCCCCCC1. The number of likely N-dealkylation sites (tertiary alicyclic amines) is 1. The fourth-order valence-electron chi connectivity index (χ4n) is 1.69. The van der Waals surface area contributed by atoms with Crippen molar-refractivity contribution in [1.82, 2.24) is 4.90 Å². The maximum Gasteiger partial charge on any atom is 0.231 e. The lowest BCUT2D eigenvalue weighted by Gasteiger charge is -2.22. The molecule has 1 saturated heterocycles. The summed E-state index contributed by atoms with van der Waals surface area (Å²) in [6, 6.07) is 0. The molecule has 1 aliphatic rings. The second kappa shape index (κ2) is 5.14. The Morgan fingerprint density at radius 3 is 2.08 bits per heavy atom. The van der Waals surface area contributed by atoms with Gasteiger partial charge in [0.25, 0.3) is 0 Å². The molecule has 0 spiro atoms. The Bertz CT molecular complexity index is 139. The lowest BCUT2D eigenvalue weighted by molar-refractivity contribution is -0.119. The Morgan fingerprint density at radius 1 is 1.08 bits per heavy atom. The molecule has 0 radical (unpaired) electrons. The molecule has 70 valence electrons. The van der Waals surface area contributed by atoms with E-state index in [1.165, 1.54) is 32.1 Å². The molecular weight excluding hydrogens is 152 g/mol. The second-order valence-corrected chi connectivity index (χ2v) is 3.51. The highest BCUT2D eigenvalue weighted by atomic mass is 16.1. The average Bonchev–Trinajstić information content (AvgIpc) is 1.93. The molecule has 1 fully saturated rings. The van der Waals surface area contributed by atoms with Gasteiger partial charge in [-0.05, 0) is 25.9 Å². The molecule has 0 aromatic carbocycles. The zero-order valence-electron chi connectivity index (χ0n) is 7.59. The molecule has 2 N–H and O–H groups in total. The number of hydrogen-bond donors (Lipinski definition) is 1. The van der Waals surface area contributed by atoms with Gasteiger partial charge in [0.05, 0.1) is 6.54 Å². The topological polar surface area (TPSA) is 46.3 Å². The van der Waals surface area contributed by atoms with Crippen LogP contribution in [0.15, 0.2) is 0 Å². The molecular formula is C9H18N2O. The molecule has 3 heteroatoms. The first-order valence-electron chi connectivity index (χ1n) is 4.80. The Morgan fingerprint density at radius 2 is 1.58 bits per heavy atom. The lowest BCUT2D eigenvalue weighted by Crippen LogP contribution is -2.35. The summed E-state index contributed by atoms with van der Waals surface area (Å²) in [5, 5.41) is 0. The molecule has 0 saturated carbocycles. The Labute approximate surface area is 73.9 Å². The molecule has 0 aliphatic carbocycles. The van der Waals surface area contributed by atoms with Crippen LogP contribution in [0.1, 0.15) is 32.1 Å². The minimum atomic E-state index is -0.199. The van der Waals surface area contributed by atoms with Crippen LogP contribution in [0.4, 0.5) is 0 Å². The van der Waals surface area contributed by atoms with Crippen LogP contribution in [0.2, 0.25) is 0 Å². The number of nitrogens with two attached hydrogens (primary N) is 1. The standard InChI is InChI=1S/C9H18N2O/c10-9(12)8-11-6-4-2-1-3-5-7-11/h1-8H2,(H2,10,12). The quantitative estimate of drug-likeness (QED) is 0.664. The second-order valence-electron chi connectivity index (χ2n) is 3.51. The van der Waals surface area contributed by atoms with Crippen LogP contribution in [0.3, 0.4) is 0 Å². The number of amides is 1. The largest absolute Gasteiger partial charge is 0.369 e. The van der Waals surface area contributed by atoms with Crippen LogP contribution < -0.4 is 5.73 Å². The Kier molecular flexibility index (Phi) is 4.08. The molecule has 1 amide bonds. The summed E-state index contributed by atoms with van der Waals surface area (Å²) >= 11 is 0. The highest BCUT2D eigenvalue weighted by Gasteiger charge is 2.09. The van der Waals surface area contributed by atoms with Gasteiger partial charge in [0.2, 0.25) is 5.91 Å². The maximum atomic E-state index is 10.6. The van der Waals surface area contributed by atoms with E-state index in [4.69, 9.17) is 5.73 Å². The predicted molar refractivity (Wildman–Crippen MR) is 48.7 cm³/mol. The summed E-state index contributed by atoms with van der Waals surface area (Å²) in [4.78, 5) is 12.8. The van der Waals surface area contributed by atoms with Crippen LogP contribution >= 0.6 is 0 Å². The van der Waals surface area contributed by atoms with Gasteiger partial charge in [-0.15, -0.1) is 0 Å². The third-order valence-corrected chi connectivity index (χ3v) is 2.33. The number of carbonyl (C=O) groups is 1. The fraction of sp³-hybridized carbons (Fsp3) is 0.889. The van der Waals surface area contributed by atoms with E-state index in [0.29, 0.717) is 6.54 Å². The van der Waals surface area contributed by atoms with Gasteiger partial charge in [0, 0.05) is 0 Å². The summed E-state index contributed by atoms with van der Waals surface area (Å²) in [7, 11) is 0. The van der Waals surface area contributed by atoms with Gasteiger partial charge in [-0.1, -0.05) is 19.3 Å². The van der Waals surface area contributed by atoms with E-state index in [9.17, 15) is 4.79 Å². The van der Waals surface area contributed by atoms with Crippen LogP contribution in [-0.2, 0) is 4.79 Å². The third kappa shape index (κ3) is 3.72. The lowest BCUT2D eigenvalue weighted by atomic mass is 10.1. The van der Waals surface area contributed by atoms with Gasteiger partial charge in [-0.25, -0.2) is 0 Å². The molecule has 0 atom stereocenters. The van der Waals surface area contributed by atoms with Crippen LogP contribution in [0.5, 0.6) is 0 Å². The first kappa shape index (κ1) is 9.52. The first-order chi connectivity index (χ1) is 5.79. The summed E-state index contributed by atoms with van der Waals surface area (Å²) in [5.41, 5.74) is 5.13. The zero-order valence-corrected chi connectivity index (χ0v) is 7.59. The van der Waals surface area contributed by atoms with Crippen LogP contribution in [-0.4, -0.2) is 30.4 Å². The average molecular weight is 170 g/mol. The number of hydrogen-bond acceptors (Lipinski definition) is 2. The molecule has 3 nitrogen and oxygen atoms in total. The van der Waals surface area contributed by atoms with Crippen LogP contribution in [0, 0.1) is 0 Å². The van der Waals surface area contributed by atoms with E-state index < -0.39 is 0 Å². The summed E-state index contributed by atoms with van der Waals surface area (Å²) in [5.74, 6) is -0.199. The van der Waals surface area contributed by atoms with E-state index >= 15 is 0 Å². The van der Waals surface area contributed by atoms with Gasteiger partial charge < -0.3 is 5.73 Å². The summed E-state index contributed by atoms with van der Waals surface area (Å²) < 4.78 is 0. The van der Waals surface area contributed by atoms with Gasteiger partial charge >= 0.3 is 0 Å². The highest BCUT2D eigenvalue weighted by Crippen LogP contribution is 2.09. The van der Waals surface area contributed by atoms with Gasteiger partial charge in [0.1, 0.15) is 0 Å². The Balaban J connectivity index is 2.24. The van der Waals surface area contributed by atoms with E-state index in [1.54, 1.807) is 0 Å². The van der Waals surface area contributed by atoms with Gasteiger partial charge in [0.15, 0.2) is 0 Å². The molecule has 0 aromatic heterocycles. The van der Waals surface area contributed by atoms with Crippen molar-refractivity contribution < 1.29 is 4.79 Å². The van der Waals surface area contributed by atoms with Crippen molar-refractivity contribution in [3.05, 3.63) is 0 Å². The van der Waals surface area contributed by atoms with E-state index in [1.807, 2.05) is 0 Å². The number of primary amides is 1. The molecule has 1 heterocycles. The molecule has 0 bridgehead atoms. The number of carbonyl (C=O) groups excluding carboxylic acids is 1. The van der Waals surface area contributed by atoms with E-state index in [-0.39, 0.29) is 5.91 Å². The summed E-state index contributed by atoms with van der Waals surface area (Å²) in [6.45, 7) is 2.53. The zero-order chi connectivity index (χ0) is 8.81. The first-order valence-corrected chi connectivity index (χ1v) is 4.80. The van der Waals surface area contributed by atoms with Crippen molar-refractivity contribution in [2.45, 2.75) is 32.1 Å². The third-order valence-electron chi connectivity index (χ3n) is 2.33. The van der Waals surface area contributed by atoms with Crippen molar-refractivity contribution in [3.8, 4) is 0 Å². The predicted octanol–water partition coefficient (Wildman–Crippen LogP) is 0.738. The molecule has 0 aromatic rings.